The van der Waals surface area contributed by atoms with Crippen LogP contribution in [-0.2, 0) is 23.4 Å². The molecule has 0 radical (unpaired) electrons. The molecule has 0 amide bonds. The fraction of sp³-hybridized carbons (Fsp3) is 1.00. The third-order valence-corrected chi connectivity index (χ3v) is 3.21. The predicted octanol–water partition coefficient (Wildman–Crippen LogP) is 0.161. The smallest absolute Gasteiger partial charge is 0.385 e. The van der Waals surface area contributed by atoms with Gasteiger partial charge in [-0.3, -0.25) is 4.90 Å². The number of hydrogen-bond acceptors (Lipinski definition) is 6. The zero-order chi connectivity index (χ0) is 13.5. The quantitative estimate of drug-likeness (QED) is 0.643. The van der Waals surface area contributed by atoms with Gasteiger partial charge >= 0.3 is 7.32 Å². The third kappa shape index (κ3) is 5.02. The third-order valence-electron chi connectivity index (χ3n) is 3.21. The predicted molar refractivity (Wildman–Crippen MR) is 70.9 cm³/mol. The molecule has 0 spiro atoms. The minimum absolute atomic E-state index is 0.00158. The van der Waals surface area contributed by atoms with Crippen LogP contribution < -0.4 is 0 Å². The summed E-state index contributed by atoms with van der Waals surface area (Å²) in [5.74, 6) is 0. The summed E-state index contributed by atoms with van der Waals surface area (Å²) < 4.78 is 28.1. The molecule has 0 aliphatic carbocycles. The van der Waals surface area contributed by atoms with Crippen LogP contribution in [0, 0.1) is 0 Å². The van der Waals surface area contributed by atoms with Gasteiger partial charge < -0.3 is 23.4 Å². The Morgan fingerprint density at radius 2 is 1.63 bits per heavy atom. The van der Waals surface area contributed by atoms with E-state index in [1.54, 1.807) is 0 Å². The number of ether oxygens (including phenoxy) is 2. The van der Waals surface area contributed by atoms with Gasteiger partial charge in [0.2, 0.25) is 0 Å². The molecular formula is C12H24BNO5. The lowest BCUT2D eigenvalue weighted by Crippen LogP contribution is -2.54. The van der Waals surface area contributed by atoms with Gasteiger partial charge in [-0.15, -0.1) is 0 Å². The van der Waals surface area contributed by atoms with Crippen molar-refractivity contribution in [3.05, 3.63) is 0 Å². The number of hydrogen-bond donors (Lipinski definition) is 0. The van der Waals surface area contributed by atoms with E-state index in [0.29, 0.717) is 33.0 Å². The first-order valence-corrected chi connectivity index (χ1v) is 7.12. The van der Waals surface area contributed by atoms with Gasteiger partial charge in [-0.1, -0.05) is 0 Å². The minimum Gasteiger partial charge on any atom is -0.385 e. The summed E-state index contributed by atoms with van der Waals surface area (Å²) in [5.41, 5.74) is 0. The van der Waals surface area contributed by atoms with Crippen LogP contribution in [0.5, 0.6) is 0 Å². The first-order valence-electron chi connectivity index (χ1n) is 7.12. The van der Waals surface area contributed by atoms with Gasteiger partial charge in [0.05, 0.1) is 25.4 Å². The zero-order valence-electron chi connectivity index (χ0n) is 11.9. The van der Waals surface area contributed by atoms with Gasteiger partial charge in [-0.2, -0.15) is 0 Å². The Kier molecular flexibility index (Phi) is 6.56. The van der Waals surface area contributed by atoms with Crippen LogP contribution in [0.3, 0.4) is 0 Å². The van der Waals surface area contributed by atoms with Crippen LogP contribution in [-0.4, -0.2) is 77.1 Å². The van der Waals surface area contributed by atoms with Gasteiger partial charge in [-0.05, 0) is 13.8 Å². The van der Waals surface area contributed by atoms with Gasteiger partial charge in [0.15, 0.2) is 0 Å². The Morgan fingerprint density at radius 1 is 1.05 bits per heavy atom. The van der Waals surface area contributed by atoms with E-state index in [4.69, 9.17) is 23.4 Å². The zero-order valence-corrected chi connectivity index (χ0v) is 11.9. The topological polar surface area (TPSA) is 49.4 Å². The van der Waals surface area contributed by atoms with E-state index in [1.165, 1.54) is 0 Å². The lowest BCUT2D eigenvalue weighted by atomic mass is 10.1. The van der Waals surface area contributed by atoms with Crippen LogP contribution in [0.1, 0.15) is 13.8 Å². The number of fused-ring (bicyclic) bond motifs is 6. The SMILES string of the molecule is CCOCC1CN2CCOB(O1)OC(COCC)C2. The van der Waals surface area contributed by atoms with E-state index in [2.05, 4.69) is 4.90 Å². The molecule has 2 bridgehead atoms. The summed E-state index contributed by atoms with van der Waals surface area (Å²) in [5, 5.41) is 0. The van der Waals surface area contributed by atoms with Crippen LogP contribution in [0.4, 0.5) is 0 Å². The molecule has 0 saturated carbocycles. The van der Waals surface area contributed by atoms with Crippen LogP contribution in [0.2, 0.25) is 0 Å². The van der Waals surface area contributed by atoms with Crippen molar-refractivity contribution in [2.75, 3.05) is 52.7 Å². The lowest BCUT2D eigenvalue weighted by molar-refractivity contribution is -0.0824. The van der Waals surface area contributed by atoms with E-state index in [-0.39, 0.29) is 12.2 Å². The highest BCUT2D eigenvalue weighted by Crippen LogP contribution is 2.14. The Labute approximate surface area is 115 Å². The summed E-state index contributed by atoms with van der Waals surface area (Å²) in [6.45, 7) is 9.74. The molecule has 3 heterocycles. The Bertz CT molecular complexity index is 222. The number of rotatable bonds is 6. The molecule has 0 N–H and O–H groups in total. The lowest BCUT2D eigenvalue weighted by Gasteiger charge is -2.38. The van der Waals surface area contributed by atoms with Crippen LogP contribution >= 0.6 is 0 Å². The summed E-state index contributed by atoms with van der Waals surface area (Å²) in [7, 11) is -0.599. The standard InChI is InChI=1S/C12H24BNO5/c1-3-15-9-11-7-14-5-6-17-13(18-11)19-12(8-14)10-16-4-2/h11-12H,3-10H2,1-2H3. The van der Waals surface area contributed by atoms with Crippen molar-refractivity contribution in [3.63, 3.8) is 0 Å². The molecule has 19 heavy (non-hydrogen) atoms. The second-order valence-corrected chi connectivity index (χ2v) is 4.75. The monoisotopic (exact) mass is 273 g/mol. The first-order chi connectivity index (χ1) is 9.31. The van der Waals surface area contributed by atoms with Gasteiger partial charge in [0.25, 0.3) is 0 Å². The van der Waals surface area contributed by atoms with Crippen molar-refractivity contribution in [3.8, 4) is 0 Å². The molecule has 3 saturated heterocycles. The van der Waals surface area contributed by atoms with E-state index in [1.807, 2.05) is 13.8 Å². The van der Waals surface area contributed by atoms with Gasteiger partial charge in [0.1, 0.15) is 0 Å². The molecule has 3 aliphatic heterocycles. The molecule has 3 aliphatic rings. The Hall–Kier alpha value is -0.175. The van der Waals surface area contributed by atoms with Crippen molar-refractivity contribution < 1.29 is 23.4 Å². The molecule has 0 aromatic rings. The summed E-state index contributed by atoms with van der Waals surface area (Å²) in [4.78, 5) is 2.29. The molecule has 0 aromatic heterocycles. The maximum absolute atomic E-state index is 5.81. The fourth-order valence-corrected chi connectivity index (χ4v) is 2.30. The normalized spacial score (nSPS) is 31.9. The molecule has 110 valence electrons. The average Bonchev–Trinajstić information content (AvgIpc) is 2.34. The molecule has 2 unspecified atom stereocenters. The highest BCUT2D eigenvalue weighted by Gasteiger charge is 2.36. The van der Waals surface area contributed by atoms with E-state index >= 15 is 0 Å². The second kappa shape index (κ2) is 8.19. The Morgan fingerprint density at radius 3 is 2.16 bits per heavy atom. The van der Waals surface area contributed by atoms with Gasteiger partial charge in [-0.25, -0.2) is 0 Å². The average molecular weight is 273 g/mol. The maximum atomic E-state index is 5.81. The largest absolute Gasteiger partial charge is 0.640 e. The molecule has 2 atom stereocenters. The molecule has 3 rings (SSSR count). The minimum atomic E-state index is -0.599. The molecular weight excluding hydrogens is 249 g/mol. The fourth-order valence-electron chi connectivity index (χ4n) is 2.30. The maximum Gasteiger partial charge on any atom is 0.640 e. The van der Waals surface area contributed by atoms with Crippen molar-refractivity contribution >= 4 is 7.32 Å². The van der Waals surface area contributed by atoms with Crippen molar-refractivity contribution in [1.29, 1.82) is 0 Å². The molecule has 6 nitrogen and oxygen atoms in total. The highest BCUT2D eigenvalue weighted by atomic mass is 16.7. The van der Waals surface area contributed by atoms with Gasteiger partial charge in [0, 0.05) is 39.5 Å². The van der Waals surface area contributed by atoms with Crippen molar-refractivity contribution in [2.45, 2.75) is 26.1 Å². The van der Waals surface area contributed by atoms with Crippen molar-refractivity contribution in [1.82, 2.24) is 4.90 Å². The van der Waals surface area contributed by atoms with E-state index in [9.17, 15) is 0 Å². The summed E-state index contributed by atoms with van der Waals surface area (Å²) in [6, 6.07) is 0. The van der Waals surface area contributed by atoms with Crippen molar-refractivity contribution in [2.24, 2.45) is 0 Å². The van der Waals surface area contributed by atoms with E-state index < -0.39 is 7.32 Å². The summed E-state index contributed by atoms with van der Waals surface area (Å²) >= 11 is 0. The molecule has 7 heteroatoms. The highest BCUT2D eigenvalue weighted by molar-refractivity contribution is 6.36. The Balaban J connectivity index is 1.91. The number of nitrogens with zero attached hydrogens (tertiary/aromatic N) is 1. The summed E-state index contributed by atoms with van der Waals surface area (Å²) in [6.07, 6.45) is -0.00316. The van der Waals surface area contributed by atoms with E-state index in [0.717, 1.165) is 19.6 Å². The second-order valence-electron chi connectivity index (χ2n) is 4.75. The van der Waals surface area contributed by atoms with Crippen LogP contribution in [0.25, 0.3) is 0 Å². The first kappa shape index (κ1) is 15.2. The van der Waals surface area contributed by atoms with Crippen LogP contribution in [0.15, 0.2) is 0 Å². The molecule has 0 aromatic carbocycles. The molecule has 3 fully saturated rings.